The van der Waals surface area contributed by atoms with Gasteiger partial charge in [0, 0.05) is 11.3 Å². The van der Waals surface area contributed by atoms with E-state index in [1.54, 1.807) is 6.08 Å². The van der Waals surface area contributed by atoms with E-state index in [2.05, 4.69) is 0 Å². The van der Waals surface area contributed by atoms with Crippen molar-refractivity contribution in [3.63, 3.8) is 0 Å². The fourth-order valence-corrected chi connectivity index (χ4v) is 3.95. The van der Waals surface area contributed by atoms with Gasteiger partial charge in [-0.15, -0.1) is 11.8 Å². The molecule has 3 atom stereocenters. The summed E-state index contributed by atoms with van der Waals surface area (Å²) in [5.74, 6) is -0.936. The fraction of sp³-hybridized carbons (Fsp3) is 0.545. The maximum atomic E-state index is 11.9. The van der Waals surface area contributed by atoms with Crippen LogP contribution in [-0.2, 0) is 19.2 Å². The molecule has 0 aromatic carbocycles. The number of fused-ring (bicyclic) bond motifs is 1. The van der Waals surface area contributed by atoms with Gasteiger partial charge in [0.1, 0.15) is 11.4 Å². The smallest absolute Gasteiger partial charge is 0.327 e. The Morgan fingerprint density at radius 1 is 1.53 bits per heavy atom. The van der Waals surface area contributed by atoms with E-state index in [0.29, 0.717) is 17.7 Å². The summed E-state index contributed by atoms with van der Waals surface area (Å²) in [6.45, 7) is 0. The molecule has 2 amide bonds. The number of hydroxylamine groups is 2. The molecule has 19 heavy (non-hydrogen) atoms. The van der Waals surface area contributed by atoms with Crippen molar-refractivity contribution in [2.24, 2.45) is 0 Å². The summed E-state index contributed by atoms with van der Waals surface area (Å²) < 4.78 is 0. The van der Waals surface area contributed by atoms with E-state index in [4.69, 9.17) is 9.94 Å². The Bertz CT molecular complexity index is 505. The predicted octanol–water partition coefficient (Wildman–Crippen LogP) is -0.557. The highest BCUT2D eigenvalue weighted by atomic mass is 32.2. The molecule has 0 bridgehead atoms. The SMILES string of the molecule is CON1C(=O)C[C@@H]1C=C1C(=O)N2C(C(=O)O)CS[C@H]12. The first-order valence-electron chi connectivity index (χ1n) is 5.79. The Kier molecular flexibility index (Phi) is 2.79. The van der Waals surface area contributed by atoms with Crippen LogP contribution in [0.5, 0.6) is 0 Å². The first-order chi connectivity index (χ1) is 9.04. The molecule has 3 aliphatic heterocycles. The molecule has 102 valence electrons. The van der Waals surface area contributed by atoms with Crippen molar-refractivity contribution >= 4 is 29.5 Å². The number of hydrogen-bond acceptors (Lipinski definition) is 5. The average molecular weight is 284 g/mol. The van der Waals surface area contributed by atoms with Gasteiger partial charge in [-0.1, -0.05) is 0 Å². The number of aliphatic carboxylic acids is 1. The number of thioether (sulfide) groups is 1. The first-order valence-corrected chi connectivity index (χ1v) is 6.84. The quantitative estimate of drug-likeness (QED) is 0.552. The minimum absolute atomic E-state index is 0.115. The molecule has 3 rings (SSSR count). The third-order valence-electron chi connectivity index (χ3n) is 3.53. The summed E-state index contributed by atoms with van der Waals surface area (Å²) in [5.41, 5.74) is 0.577. The van der Waals surface area contributed by atoms with Crippen molar-refractivity contribution in [2.75, 3.05) is 12.9 Å². The standard InChI is InChI=1S/C11H12N2O5S/c1-18-13-5(3-8(13)14)2-6-9(15)12-7(11(16)17)4-19-10(6)12/h2,5,7,10H,3-4H2,1H3,(H,16,17)/t5-,7?,10+/m0/s1. The Labute approximate surface area is 113 Å². The number of rotatable bonds is 3. The van der Waals surface area contributed by atoms with Crippen LogP contribution in [0, 0.1) is 0 Å². The second-order valence-electron chi connectivity index (χ2n) is 4.55. The second kappa shape index (κ2) is 4.24. The lowest BCUT2D eigenvalue weighted by molar-refractivity contribution is -0.208. The highest BCUT2D eigenvalue weighted by molar-refractivity contribution is 8.00. The number of nitrogens with zero attached hydrogens (tertiary/aromatic N) is 2. The minimum Gasteiger partial charge on any atom is -0.480 e. The Morgan fingerprint density at radius 3 is 2.84 bits per heavy atom. The van der Waals surface area contributed by atoms with E-state index in [1.807, 2.05) is 0 Å². The summed E-state index contributed by atoms with van der Waals surface area (Å²) in [6, 6.07) is -0.954. The van der Waals surface area contributed by atoms with Crippen molar-refractivity contribution < 1.29 is 24.3 Å². The van der Waals surface area contributed by atoms with Crippen molar-refractivity contribution in [1.29, 1.82) is 0 Å². The molecule has 7 nitrogen and oxygen atoms in total. The molecule has 1 N–H and O–H groups in total. The molecule has 3 saturated heterocycles. The molecule has 0 aromatic heterocycles. The van der Waals surface area contributed by atoms with Gasteiger partial charge >= 0.3 is 5.97 Å². The number of β-lactam (4-membered cyclic amide) rings is 2. The minimum atomic E-state index is -0.972. The number of carboxylic acids is 1. The predicted molar refractivity (Wildman–Crippen MR) is 64.9 cm³/mol. The van der Waals surface area contributed by atoms with Gasteiger partial charge < -0.3 is 10.0 Å². The molecule has 3 heterocycles. The van der Waals surface area contributed by atoms with E-state index in [1.165, 1.54) is 28.8 Å². The summed E-state index contributed by atoms with van der Waals surface area (Å²) in [5, 5.41) is 10.0. The van der Waals surface area contributed by atoms with Crippen LogP contribution >= 0.6 is 11.8 Å². The van der Waals surface area contributed by atoms with Crippen LogP contribution in [0.25, 0.3) is 0 Å². The van der Waals surface area contributed by atoms with Crippen molar-refractivity contribution in [2.45, 2.75) is 23.9 Å². The summed E-state index contributed by atoms with van der Waals surface area (Å²) >= 11 is 1.44. The first kappa shape index (κ1) is 12.5. The summed E-state index contributed by atoms with van der Waals surface area (Å²) in [4.78, 5) is 40.4. The Hall–Kier alpha value is -1.54. The topological polar surface area (TPSA) is 87.2 Å². The third-order valence-corrected chi connectivity index (χ3v) is 4.84. The number of carbonyl (C=O) groups excluding carboxylic acids is 2. The average Bonchev–Trinajstić information content (AvgIpc) is 2.74. The number of hydrogen-bond donors (Lipinski definition) is 1. The monoisotopic (exact) mass is 284 g/mol. The molecule has 3 aliphatic rings. The van der Waals surface area contributed by atoms with Gasteiger partial charge in [0.2, 0.25) is 5.91 Å². The van der Waals surface area contributed by atoms with Gasteiger partial charge in [0.15, 0.2) is 0 Å². The molecule has 1 unspecified atom stereocenters. The van der Waals surface area contributed by atoms with Gasteiger partial charge in [-0.25, -0.2) is 9.86 Å². The molecule has 0 radical (unpaired) electrons. The van der Waals surface area contributed by atoms with Crippen LogP contribution < -0.4 is 0 Å². The lowest BCUT2D eigenvalue weighted by Gasteiger charge is -2.41. The van der Waals surface area contributed by atoms with Gasteiger partial charge in [0.25, 0.3) is 5.91 Å². The zero-order valence-corrected chi connectivity index (χ0v) is 10.9. The Morgan fingerprint density at radius 2 is 2.26 bits per heavy atom. The maximum Gasteiger partial charge on any atom is 0.327 e. The lowest BCUT2D eigenvalue weighted by Crippen LogP contribution is -2.58. The van der Waals surface area contributed by atoms with Crippen LogP contribution in [0.15, 0.2) is 11.6 Å². The van der Waals surface area contributed by atoms with E-state index < -0.39 is 12.0 Å². The van der Waals surface area contributed by atoms with Gasteiger partial charge in [-0.2, -0.15) is 0 Å². The van der Waals surface area contributed by atoms with Crippen molar-refractivity contribution in [1.82, 2.24) is 9.96 Å². The summed E-state index contributed by atoms with van der Waals surface area (Å²) in [6.07, 6.45) is 2.04. The van der Waals surface area contributed by atoms with Gasteiger partial charge in [0.05, 0.1) is 19.6 Å². The fourth-order valence-electron chi connectivity index (χ4n) is 2.52. The normalized spacial score (nSPS) is 35.2. The van der Waals surface area contributed by atoms with Crippen LogP contribution in [0.2, 0.25) is 0 Å². The molecule has 3 fully saturated rings. The maximum absolute atomic E-state index is 11.9. The molecule has 0 spiro atoms. The van der Waals surface area contributed by atoms with E-state index in [-0.39, 0.29) is 23.2 Å². The van der Waals surface area contributed by atoms with Crippen molar-refractivity contribution in [3.8, 4) is 0 Å². The van der Waals surface area contributed by atoms with E-state index in [9.17, 15) is 14.4 Å². The van der Waals surface area contributed by atoms with Crippen LogP contribution in [0.4, 0.5) is 0 Å². The molecular formula is C11H12N2O5S. The molecule has 0 aliphatic carbocycles. The lowest BCUT2D eigenvalue weighted by atomic mass is 9.96. The number of carboxylic acid groups (broad SMARTS) is 1. The number of amides is 2. The number of carbonyl (C=O) groups is 3. The van der Waals surface area contributed by atoms with Crippen LogP contribution in [-0.4, -0.2) is 63.2 Å². The molecular weight excluding hydrogens is 272 g/mol. The van der Waals surface area contributed by atoms with Crippen molar-refractivity contribution in [3.05, 3.63) is 11.6 Å². The van der Waals surface area contributed by atoms with Gasteiger partial charge in [-0.05, 0) is 6.08 Å². The summed E-state index contributed by atoms with van der Waals surface area (Å²) in [7, 11) is 1.41. The van der Waals surface area contributed by atoms with E-state index in [0.717, 1.165) is 0 Å². The molecule has 0 saturated carbocycles. The molecule has 8 heteroatoms. The highest BCUT2D eigenvalue weighted by Gasteiger charge is 2.54. The largest absolute Gasteiger partial charge is 0.480 e. The highest BCUT2D eigenvalue weighted by Crippen LogP contribution is 2.44. The van der Waals surface area contributed by atoms with E-state index >= 15 is 0 Å². The molecule has 0 aromatic rings. The zero-order valence-electron chi connectivity index (χ0n) is 10.1. The van der Waals surface area contributed by atoms with Crippen LogP contribution in [0.1, 0.15) is 6.42 Å². The van der Waals surface area contributed by atoms with Crippen LogP contribution in [0.3, 0.4) is 0 Å². The second-order valence-corrected chi connectivity index (χ2v) is 5.66. The van der Waals surface area contributed by atoms with Gasteiger partial charge in [-0.3, -0.25) is 14.4 Å². The third kappa shape index (κ3) is 1.67. The Balaban J connectivity index is 1.74. The zero-order chi connectivity index (χ0) is 13.7.